The van der Waals surface area contributed by atoms with Gasteiger partial charge in [-0.3, -0.25) is 4.90 Å². The van der Waals surface area contributed by atoms with E-state index in [9.17, 15) is 0 Å². The molecule has 2 heterocycles. The van der Waals surface area contributed by atoms with Crippen LogP contribution >= 0.6 is 11.5 Å². The number of aryl methyl sites for hydroxylation is 1. The minimum Gasteiger partial charge on any atom is -0.357 e. The Bertz CT molecular complexity index is 546. The number of hydrogen-bond donors (Lipinski definition) is 1. The molecule has 0 amide bonds. The molecular weight excluding hydrogens is 280 g/mol. The predicted molar refractivity (Wildman–Crippen MR) is 87.7 cm³/mol. The van der Waals surface area contributed by atoms with Gasteiger partial charge in [0.2, 0.25) is 5.13 Å². The van der Waals surface area contributed by atoms with Gasteiger partial charge in [0, 0.05) is 43.6 Å². The molecule has 21 heavy (non-hydrogen) atoms. The zero-order chi connectivity index (χ0) is 14.5. The van der Waals surface area contributed by atoms with E-state index in [-0.39, 0.29) is 0 Å². The molecule has 3 rings (SSSR count). The highest BCUT2D eigenvalue weighted by molar-refractivity contribution is 7.09. The standard InChI is InChI=1S/C16H22N4S/c1-2-15-18-16(21-19-15)17-14-8-10-20(11-9-14)12-13-6-4-3-5-7-13/h3-7,14H,2,8-12H2,1H3,(H,17,18,19). The first-order chi connectivity index (χ1) is 10.3. The van der Waals surface area contributed by atoms with Crippen molar-refractivity contribution in [2.45, 2.75) is 38.8 Å². The number of nitrogens with zero attached hydrogens (tertiary/aromatic N) is 3. The number of anilines is 1. The monoisotopic (exact) mass is 302 g/mol. The Morgan fingerprint density at radius 1 is 1.24 bits per heavy atom. The molecule has 0 aliphatic carbocycles. The highest BCUT2D eigenvalue weighted by Gasteiger charge is 2.20. The summed E-state index contributed by atoms with van der Waals surface area (Å²) in [5.41, 5.74) is 1.40. The van der Waals surface area contributed by atoms with Crippen LogP contribution in [0.5, 0.6) is 0 Å². The molecule has 1 N–H and O–H groups in total. The Hall–Kier alpha value is -1.46. The van der Waals surface area contributed by atoms with Crippen LogP contribution < -0.4 is 5.32 Å². The molecule has 0 spiro atoms. The van der Waals surface area contributed by atoms with Crippen molar-refractivity contribution >= 4 is 16.7 Å². The molecule has 1 aromatic carbocycles. The molecule has 112 valence electrons. The second-order valence-corrected chi connectivity index (χ2v) is 6.30. The van der Waals surface area contributed by atoms with Crippen molar-refractivity contribution in [3.05, 3.63) is 41.7 Å². The quantitative estimate of drug-likeness (QED) is 0.921. The summed E-state index contributed by atoms with van der Waals surface area (Å²) in [7, 11) is 0. The van der Waals surface area contributed by atoms with E-state index in [1.807, 2.05) is 0 Å². The number of piperidine rings is 1. The van der Waals surface area contributed by atoms with Crippen LogP contribution in [0.3, 0.4) is 0 Å². The molecule has 0 bridgehead atoms. The molecule has 2 aromatic rings. The molecule has 0 atom stereocenters. The van der Waals surface area contributed by atoms with E-state index < -0.39 is 0 Å². The molecule has 0 saturated carbocycles. The van der Waals surface area contributed by atoms with Crippen molar-refractivity contribution in [3.8, 4) is 0 Å². The lowest BCUT2D eigenvalue weighted by atomic mass is 10.0. The van der Waals surface area contributed by atoms with Crippen LogP contribution in [0.4, 0.5) is 5.13 Å². The molecular formula is C16H22N4S. The van der Waals surface area contributed by atoms with Crippen LogP contribution in [0, 0.1) is 0 Å². The third kappa shape index (κ3) is 4.02. The maximum atomic E-state index is 4.49. The maximum absolute atomic E-state index is 4.49. The van der Waals surface area contributed by atoms with E-state index in [0.29, 0.717) is 6.04 Å². The number of aromatic nitrogens is 2. The van der Waals surface area contributed by atoms with Crippen molar-refractivity contribution in [1.29, 1.82) is 0 Å². The zero-order valence-corrected chi connectivity index (χ0v) is 13.3. The van der Waals surface area contributed by atoms with E-state index in [0.717, 1.165) is 37.0 Å². The summed E-state index contributed by atoms with van der Waals surface area (Å²) >= 11 is 1.49. The molecule has 1 saturated heterocycles. The summed E-state index contributed by atoms with van der Waals surface area (Å²) in [4.78, 5) is 7.03. The number of likely N-dealkylation sites (tertiary alicyclic amines) is 1. The first kappa shape index (κ1) is 14.5. The normalized spacial score (nSPS) is 17.0. The Labute approximate surface area is 130 Å². The van der Waals surface area contributed by atoms with Gasteiger partial charge in [-0.15, -0.1) is 0 Å². The van der Waals surface area contributed by atoms with Crippen LogP contribution in [0.25, 0.3) is 0 Å². The lowest BCUT2D eigenvalue weighted by Gasteiger charge is -2.32. The molecule has 1 aromatic heterocycles. The smallest absolute Gasteiger partial charge is 0.202 e. The maximum Gasteiger partial charge on any atom is 0.202 e. The lowest BCUT2D eigenvalue weighted by molar-refractivity contribution is 0.211. The fourth-order valence-corrected chi connectivity index (χ4v) is 3.44. The van der Waals surface area contributed by atoms with E-state index >= 15 is 0 Å². The van der Waals surface area contributed by atoms with Gasteiger partial charge in [0.15, 0.2) is 0 Å². The zero-order valence-electron chi connectivity index (χ0n) is 12.5. The van der Waals surface area contributed by atoms with Gasteiger partial charge in [-0.1, -0.05) is 37.3 Å². The first-order valence-electron chi connectivity index (χ1n) is 7.69. The van der Waals surface area contributed by atoms with Crippen molar-refractivity contribution in [1.82, 2.24) is 14.3 Å². The number of nitrogens with one attached hydrogen (secondary N) is 1. The predicted octanol–water partition coefficient (Wildman–Crippen LogP) is 3.18. The van der Waals surface area contributed by atoms with Crippen LogP contribution in [0.15, 0.2) is 30.3 Å². The van der Waals surface area contributed by atoms with Gasteiger partial charge < -0.3 is 5.32 Å². The Morgan fingerprint density at radius 2 is 2.00 bits per heavy atom. The third-order valence-electron chi connectivity index (χ3n) is 3.95. The van der Waals surface area contributed by atoms with Gasteiger partial charge in [0.1, 0.15) is 5.82 Å². The topological polar surface area (TPSA) is 41.1 Å². The van der Waals surface area contributed by atoms with Gasteiger partial charge in [-0.25, -0.2) is 4.98 Å². The van der Waals surface area contributed by atoms with Crippen LogP contribution in [-0.2, 0) is 13.0 Å². The number of rotatable bonds is 5. The molecule has 4 nitrogen and oxygen atoms in total. The Balaban J connectivity index is 1.46. The lowest BCUT2D eigenvalue weighted by Crippen LogP contribution is -2.38. The number of benzene rings is 1. The van der Waals surface area contributed by atoms with Gasteiger partial charge in [-0.05, 0) is 18.4 Å². The Kier molecular flexibility index (Phi) is 4.83. The fraction of sp³-hybridized carbons (Fsp3) is 0.500. The highest BCUT2D eigenvalue weighted by atomic mass is 32.1. The molecule has 1 fully saturated rings. The second-order valence-electron chi connectivity index (χ2n) is 5.55. The largest absolute Gasteiger partial charge is 0.357 e. The van der Waals surface area contributed by atoms with Gasteiger partial charge in [0.05, 0.1) is 0 Å². The van der Waals surface area contributed by atoms with Crippen molar-refractivity contribution < 1.29 is 0 Å². The van der Waals surface area contributed by atoms with Gasteiger partial charge in [0.25, 0.3) is 0 Å². The van der Waals surface area contributed by atoms with Crippen molar-refractivity contribution in [2.75, 3.05) is 18.4 Å². The molecule has 5 heteroatoms. The highest BCUT2D eigenvalue weighted by Crippen LogP contribution is 2.19. The van der Waals surface area contributed by atoms with Crippen LogP contribution in [0.1, 0.15) is 31.2 Å². The fourth-order valence-electron chi connectivity index (χ4n) is 2.71. The average Bonchev–Trinajstić information content (AvgIpc) is 2.98. The van der Waals surface area contributed by atoms with Crippen molar-refractivity contribution in [3.63, 3.8) is 0 Å². The first-order valence-corrected chi connectivity index (χ1v) is 8.46. The summed E-state index contributed by atoms with van der Waals surface area (Å²) in [6.45, 7) is 5.44. The minimum absolute atomic E-state index is 0.537. The SMILES string of the molecule is CCc1nsc(NC2CCN(Cc3ccccc3)CC2)n1. The average molecular weight is 302 g/mol. The molecule has 0 radical (unpaired) electrons. The van der Waals surface area contributed by atoms with E-state index in [4.69, 9.17) is 0 Å². The molecule has 0 unspecified atom stereocenters. The van der Waals surface area contributed by atoms with Crippen LogP contribution in [-0.4, -0.2) is 33.4 Å². The summed E-state index contributed by atoms with van der Waals surface area (Å²) in [5.74, 6) is 0.948. The third-order valence-corrected chi connectivity index (χ3v) is 4.63. The molecule has 1 aliphatic rings. The summed E-state index contributed by atoms with van der Waals surface area (Å²) in [6, 6.07) is 11.3. The van der Waals surface area contributed by atoms with E-state index in [1.54, 1.807) is 0 Å². The number of hydrogen-bond acceptors (Lipinski definition) is 5. The summed E-state index contributed by atoms with van der Waals surface area (Å²) in [5, 5.41) is 4.52. The van der Waals surface area contributed by atoms with Gasteiger partial charge >= 0.3 is 0 Å². The van der Waals surface area contributed by atoms with Crippen molar-refractivity contribution in [2.24, 2.45) is 0 Å². The van der Waals surface area contributed by atoms with E-state index in [1.165, 1.54) is 29.9 Å². The van der Waals surface area contributed by atoms with E-state index in [2.05, 4.69) is 56.8 Å². The molecule has 1 aliphatic heterocycles. The van der Waals surface area contributed by atoms with Crippen LogP contribution in [0.2, 0.25) is 0 Å². The minimum atomic E-state index is 0.537. The Morgan fingerprint density at radius 3 is 2.67 bits per heavy atom. The second kappa shape index (κ2) is 7.00. The van der Waals surface area contributed by atoms with Gasteiger partial charge in [-0.2, -0.15) is 4.37 Å². The summed E-state index contributed by atoms with van der Waals surface area (Å²) < 4.78 is 4.33. The summed E-state index contributed by atoms with van der Waals surface area (Å²) in [6.07, 6.45) is 3.26.